The number of non-ortho nitro benzene ring substituents is 1. The van der Waals surface area contributed by atoms with Crippen LogP contribution in [-0.2, 0) is 16.1 Å². The van der Waals surface area contributed by atoms with Gasteiger partial charge in [0.25, 0.3) is 11.6 Å². The monoisotopic (exact) mass is 374 g/mol. The molecule has 0 saturated carbocycles. The zero-order valence-electron chi connectivity index (χ0n) is 15.3. The molecule has 0 aliphatic carbocycles. The van der Waals surface area contributed by atoms with Crippen molar-refractivity contribution < 1.29 is 19.2 Å². The molecule has 9 heteroatoms. The molecule has 1 unspecified atom stereocenters. The predicted molar refractivity (Wildman–Crippen MR) is 97.0 cm³/mol. The molecule has 2 rings (SSSR count). The molecule has 0 bridgehead atoms. The number of nitrogens with zero attached hydrogens (tertiary/aromatic N) is 4. The molecule has 27 heavy (non-hydrogen) atoms. The molecule has 0 spiro atoms. The molecule has 1 aromatic carbocycles. The molecule has 1 amide bonds. The molecule has 0 N–H and O–H groups in total. The molecule has 0 aliphatic heterocycles. The zero-order chi connectivity index (χ0) is 19.8. The fourth-order valence-electron chi connectivity index (χ4n) is 2.68. The van der Waals surface area contributed by atoms with Gasteiger partial charge in [-0.3, -0.25) is 19.7 Å². The molecular formula is C18H22N4O5. The van der Waals surface area contributed by atoms with Gasteiger partial charge in [-0.25, -0.2) is 4.98 Å². The highest BCUT2D eigenvalue weighted by atomic mass is 16.6. The highest BCUT2D eigenvalue weighted by molar-refractivity contribution is 5.95. The van der Waals surface area contributed by atoms with Crippen molar-refractivity contribution in [2.45, 2.75) is 19.9 Å². The van der Waals surface area contributed by atoms with E-state index in [2.05, 4.69) is 4.98 Å². The number of benzene rings is 1. The number of esters is 1. The summed E-state index contributed by atoms with van der Waals surface area (Å²) in [4.78, 5) is 40.6. The summed E-state index contributed by atoms with van der Waals surface area (Å²) in [5, 5.41) is 11.0. The molecule has 144 valence electrons. The Morgan fingerprint density at radius 1 is 1.41 bits per heavy atom. The normalized spacial score (nSPS) is 11.6. The fourth-order valence-corrected chi connectivity index (χ4v) is 2.68. The van der Waals surface area contributed by atoms with Crippen molar-refractivity contribution in [1.29, 1.82) is 0 Å². The number of rotatable bonds is 9. The number of imidazole rings is 1. The summed E-state index contributed by atoms with van der Waals surface area (Å²) in [6.07, 6.45) is 5.82. The summed E-state index contributed by atoms with van der Waals surface area (Å²) < 4.78 is 6.62. The maximum Gasteiger partial charge on any atom is 0.310 e. The Morgan fingerprint density at radius 2 is 2.19 bits per heavy atom. The minimum absolute atomic E-state index is 0.153. The maximum absolute atomic E-state index is 12.9. The van der Waals surface area contributed by atoms with Crippen LogP contribution >= 0.6 is 0 Å². The number of carbonyl (C=O) groups is 2. The van der Waals surface area contributed by atoms with Crippen molar-refractivity contribution in [2.75, 3.05) is 20.2 Å². The van der Waals surface area contributed by atoms with Gasteiger partial charge in [0.1, 0.15) is 0 Å². The number of carbonyl (C=O) groups excluding carboxylic acids is 2. The Bertz CT molecular complexity index is 791. The molecule has 1 heterocycles. The van der Waals surface area contributed by atoms with Gasteiger partial charge < -0.3 is 14.2 Å². The smallest absolute Gasteiger partial charge is 0.310 e. The average Bonchev–Trinajstić information content (AvgIpc) is 3.19. The van der Waals surface area contributed by atoms with Crippen molar-refractivity contribution in [3.05, 3.63) is 58.7 Å². The minimum atomic E-state index is -0.544. The zero-order valence-corrected chi connectivity index (χ0v) is 15.3. The lowest BCUT2D eigenvalue weighted by Crippen LogP contribution is -2.38. The van der Waals surface area contributed by atoms with E-state index in [1.807, 2.05) is 10.8 Å². The van der Waals surface area contributed by atoms with Gasteiger partial charge in [-0.15, -0.1) is 0 Å². The third-order valence-electron chi connectivity index (χ3n) is 4.09. The van der Waals surface area contributed by atoms with E-state index in [1.54, 1.807) is 19.4 Å². The number of amides is 1. The van der Waals surface area contributed by atoms with Gasteiger partial charge in [-0.05, 0) is 12.5 Å². The second-order valence-corrected chi connectivity index (χ2v) is 6.14. The summed E-state index contributed by atoms with van der Waals surface area (Å²) in [7, 11) is 1.30. The van der Waals surface area contributed by atoms with Crippen LogP contribution in [0.15, 0.2) is 43.0 Å². The van der Waals surface area contributed by atoms with Crippen molar-refractivity contribution in [3.63, 3.8) is 0 Å². The van der Waals surface area contributed by atoms with Crippen LogP contribution in [0.4, 0.5) is 5.69 Å². The molecule has 1 atom stereocenters. The van der Waals surface area contributed by atoms with Crippen LogP contribution in [0, 0.1) is 16.0 Å². The number of nitro groups is 1. The molecule has 9 nitrogen and oxygen atoms in total. The minimum Gasteiger partial charge on any atom is -0.469 e. The second-order valence-electron chi connectivity index (χ2n) is 6.14. The largest absolute Gasteiger partial charge is 0.469 e. The number of nitro benzene ring substituents is 1. The lowest BCUT2D eigenvalue weighted by Gasteiger charge is -2.25. The van der Waals surface area contributed by atoms with Gasteiger partial charge in [0.15, 0.2) is 0 Å². The molecule has 0 aliphatic rings. The topological polar surface area (TPSA) is 108 Å². The lowest BCUT2D eigenvalue weighted by atomic mass is 10.1. The average molecular weight is 374 g/mol. The number of hydrogen-bond donors (Lipinski definition) is 0. The van der Waals surface area contributed by atoms with E-state index >= 15 is 0 Å². The van der Waals surface area contributed by atoms with Crippen LogP contribution in [-0.4, -0.2) is 51.5 Å². The van der Waals surface area contributed by atoms with Crippen molar-refractivity contribution in [3.8, 4) is 0 Å². The van der Waals surface area contributed by atoms with E-state index in [4.69, 9.17) is 4.74 Å². The van der Waals surface area contributed by atoms with Crippen molar-refractivity contribution in [2.24, 2.45) is 5.92 Å². The van der Waals surface area contributed by atoms with Crippen molar-refractivity contribution >= 4 is 17.6 Å². The third-order valence-corrected chi connectivity index (χ3v) is 4.09. The van der Waals surface area contributed by atoms with Crippen LogP contribution < -0.4 is 0 Å². The van der Waals surface area contributed by atoms with E-state index in [1.165, 1.54) is 36.3 Å². The summed E-state index contributed by atoms with van der Waals surface area (Å²) in [6, 6.07) is 5.57. The fraction of sp³-hybridized carbons (Fsp3) is 0.389. The number of aryl methyl sites for hydroxylation is 1. The Balaban J connectivity index is 2.13. The first kappa shape index (κ1) is 20.1. The van der Waals surface area contributed by atoms with Gasteiger partial charge in [0.2, 0.25) is 0 Å². The Hall–Kier alpha value is -3.23. The van der Waals surface area contributed by atoms with E-state index < -0.39 is 16.8 Å². The summed E-state index contributed by atoms with van der Waals surface area (Å²) in [5.74, 6) is -1.28. The molecule has 0 fully saturated rings. The van der Waals surface area contributed by atoms with Crippen LogP contribution in [0.5, 0.6) is 0 Å². The van der Waals surface area contributed by atoms with Crippen LogP contribution in [0.2, 0.25) is 0 Å². The SMILES string of the molecule is COC(=O)C(C)CN(CCCn1ccnc1)C(=O)c1cccc([N+](=O)[O-])c1. The highest BCUT2D eigenvalue weighted by Crippen LogP contribution is 2.16. The summed E-state index contributed by atoms with van der Waals surface area (Å²) >= 11 is 0. The van der Waals surface area contributed by atoms with E-state index in [-0.39, 0.29) is 23.7 Å². The number of methoxy groups -OCH3 is 1. The van der Waals surface area contributed by atoms with Gasteiger partial charge in [0.05, 0.1) is 24.3 Å². The molecule has 2 aromatic rings. The quantitative estimate of drug-likeness (QED) is 0.378. The number of aromatic nitrogens is 2. The predicted octanol–water partition coefficient (Wildman–Crippen LogP) is 2.13. The van der Waals surface area contributed by atoms with Crippen LogP contribution in [0.1, 0.15) is 23.7 Å². The van der Waals surface area contributed by atoms with Gasteiger partial charge in [-0.1, -0.05) is 13.0 Å². The first-order valence-corrected chi connectivity index (χ1v) is 8.49. The van der Waals surface area contributed by atoms with Crippen LogP contribution in [0.3, 0.4) is 0 Å². The number of hydrogen-bond acceptors (Lipinski definition) is 6. The maximum atomic E-state index is 12.9. The Labute approximate surface area is 156 Å². The standard InChI is InChI=1S/C18H22N4O5/c1-14(18(24)27-2)12-21(9-4-8-20-10-7-19-13-20)17(23)15-5-3-6-16(11-15)22(25)26/h3,5-7,10-11,13-14H,4,8-9,12H2,1-2H3. The summed E-state index contributed by atoms with van der Waals surface area (Å²) in [5.41, 5.74) is 0.0594. The van der Waals surface area contributed by atoms with Gasteiger partial charge in [-0.2, -0.15) is 0 Å². The van der Waals surface area contributed by atoms with Crippen LogP contribution in [0.25, 0.3) is 0 Å². The molecule has 0 radical (unpaired) electrons. The molecule has 0 saturated heterocycles. The molecule has 1 aromatic heterocycles. The number of ether oxygens (including phenoxy) is 1. The second kappa shape index (κ2) is 9.46. The third kappa shape index (κ3) is 5.63. The first-order chi connectivity index (χ1) is 12.9. The summed E-state index contributed by atoms with van der Waals surface area (Å²) in [6.45, 7) is 2.89. The van der Waals surface area contributed by atoms with Crippen molar-refractivity contribution in [1.82, 2.24) is 14.5 Å². The lowest BCUT2D eigenvalue weighted by molar-refractivity contribution is -0.384. The highest BCUT2D eigenvalue weighted by Gasteiger charge is 2.23. The Kier molecular flexibility index (Phi) is 7.04. The van der Waals surface area contributed by atoms with E-state index in [9.17, 15) is 19.7 Å². The van der Waals surface area contributed by atoms with Gasteiger partial charge in [0, 0.05) is 49.7 Å². The Morgan fingerprint density at radius 3 is 2.81 bits per heavy atom. The molecular weight excluding hydrogens is 352 g/mol. The van der Waals surface area contributed by atoms with E-state index in [0.29, 0.717) is 19.5 Å². The van der Waals surface area contributed by atoms with Gasteiger partial charge >= 0.3 is 5.97 Å². The van der Waals surface area contributed by atoms with E-state index in [0.717, 1.165) is 0 Å². The first-order valence-electron chi connectivity index (χ1n) is 8.49.